The molecule has 0 fully saturated rings. The van der Waals surface area contributed by atoms with Crippen molar-refractivity contribution in [3.63, 3.8) is 0 Å². The molecule has 0 radical (unpaired) electrons. The van der Waals surface area contributed by atoms with E-state index in [1.807, 2.05) is 13.8 Å². The number of benzene rings is 1. The Morgan fingerprint density at radius 3 is 2.66 bits per heavy atom. The van der Waals surface area contributed by atoms with E-state index in [2.05, 4.69) is 19.9 Å². The zero-order valence-electron chi connectivity index (χ0n) is 18.0. The van der Waals surface area contributed by atoms with Crippen molar-refractivity contribution in [2.75, 3.05) is 0 Å². The highest BCUT2D eigenvalue weighted by Crippen LogP contribution is 2.27. The summed E-state index contributed by atoms with van der Waals surface area (Å²) in [5.74, 6) is 0.724. The summed E-state index contributed by atoms with van der Waals surface area (Å²) in [5.41, 5.74) is 1.05. The molecule has 4 aromatic rings. The number of thioether (sulfide) groups is 1. The average Bonchev–Trinajstić information content (AvgIpc) is 3.05. The van der Waals surface area contributed by atoms with E-state index in [9.17, 15) is 14.4 Å². The third kappa shape index (κ3) is 4.33. The standard InChI is InChI=1S/C22H22N4O4S2/c1-10-12(3)32-21-17(10)20(28)24-16(25-21)9-31-13(4)22(29)30-11(2)18-23-15-8-6-5-7-14(15)19(27)26-18/h5-8,11,13H,9H2,1-4H3,(H,23,26,27)(H,24,25,28)/t11-,13-/m1/s1. The first kappa shape index (κ1) is 22.2. The third-order valence-corrected chi connectivity index (χ3v) is 7.43. The summed E-state index contributed by atoms with van der Waals surface area (Å²) in [6, 6.07) is 6.99. The van der Waals surface area contributed by atoms with E-state index in [0.717, 1.165) is 10.4 Å². The lowest BCUT2D eigenvalue weighted by molar-refractivity contribution is -0.147. The van der Waals surface area contributed by atoms with Crippen molar-refractivity contribution in [3.8, 4) is 0 Å². The molecule has 0 saturated heterocycles. The maximum Gasteiger partial charge on any atom is 0.319 e. The van der Waals surface area contributed by atoms with Crippen LogP contribution in [0.2, 0.25) is 0 Å². The molecule has 0 amide bonds. The number of nitrogens with zero attached hydrogens (tertiary/aromatic N) is 2. The van der Waals surface area contributed by atoms with Gasteiger partial charge in [0.05, 0.1) is 22.0 Å². The number of carbonyl (C=O) groups is 1. The zero-order valence-corrected chi connectivity index (χ0v) is 19.6. The number of aryl methyl sites for hydroxylation is 2. The normalized spacial score (nSPS) is 13.4. The molecule has 4 rings (SSSR count). The Kier molecular flexibility index (Phi) is 6.16. The lowest BCUT2D eigenvalue weighted by Gasteiger charge is -2.16. The second-order valence-electron chi connectivity index (χ2n) is 7.48. The van der Waals surface area contributed by atoms with Crippen LogP contribution in [0.1, 0.15) is 42.0 Å². The molecule has 2 atom stereocenters. The van der Waals surface area contributed by atoms with E-state index in [-0.39, 0.29) is 11.1 Å². The van der Waals surface area contributed by atoms with Crippen LogP contribution in [0.3, 0.4) is 0 Å². The summed E-state index contributed by atoms with van der Waals surface area (Å²) in [5, 5.41) is 0.602. The van der Waals surface area contributed by atoms with Gasteiger partial charge in [-0.15, -0.1) is 23.1 Å². The van der Waals surface area contributed by atoms with Crippen molar-refractivity contribution >= 4 is 50.2 Å². The summed E-state index contributed by atoms with van der Waals surface area (Å²) in [4.78, 5) is 53.4. The fraction of sp³-hybridized carbons (Fsp3) is 0.318. The van der Waals surface area contributed by atoms with Crippen molar-refractivity contribution in [1.82, 2.24) is 19.9 Å². The Morgan fingerprint density at radius 2 is 1.88 bits per heavy atom. The zero-order chi connectivity index (χ0) is 23.0. The summed E-state index contributed by atoms with van der Waals surface area (Å²) < 4.78 is 5.52. The smallest absolute Gasteiger partial charge is 0.319 e. The van der Waals surface area contributed by atoms with Crippen LogP contribution >= 0.6 is 23.1 Å². The molecule has 2 N–H and O–H groups in total. The molecule has 32 heavy (non-hydrogen) atoms. The molecule has 0 saturated carbocycles. The van der Waals surface area contributed by atoms with Gasteiger partial charge in [-0.2, -0.15) is 0 Å². The van der Waals surface area contributed by atoms with Gasteiger partial charge in [-0.25, -0.2) is 9.97 Å². The van der Waals surface area contributed by atoms with Gasteiger partial charge in [0.15, 0.2) is 11.9 Å². The molecule has 3 heterocycles. The number of carbonyl (C=O) groups excluding carboxylic acids is 1. The highest BCUT2D eigenvalue weighted by molar-refractivity contribution is 7.99. The van der Waals surface area contributed by atoms with E-state index in [0.29, 0.717) is 38.5 Å². The molecule has 0 spiro atoms. The van der Waals surface area contributed by atoms with E-state index in [1.54, 1.807) is 38.1 Å². The number of H-pyrrole nitrogens is 2. The van der Waals surface area contributed by atoms with Crippen molar-refractivity contribution in [2.24, 2.45) is 0 Å². The minimum atomic E-state index is -0.714. The van der Waals surface area contributed by atoms with Gasteiger partial charge >= 0.3 is 5.97 Å². The Hall–Kier alpha value is -2.98. The molecule has 0 aliphatic carbocycles. The summed E-state index contributed by atoms with van der Waals surface area (Å²) in [6.45, 7) is 7.27. The number of aromatic amines is 2. The molecular formula is C22H22N4O4S2. The largest absolute Gasteiger partial charge is 0.454 e. The molecular weight excluding hydrogens is 448 g/mol. The number of aromatic nitrogens is 4. The fourth-order valence-electron chi connectivity index (χ4n) is 3.26. The molecule has 10 heteroatoms. The molecule has 8 nitrogen and oxygen atoms in total. The van der Waals surface area contributed by atoms with Crippen LogP contribution in [0.25, 0.3) is 21.1 Å². The number of esters is 1. The highest BCUT2D eigenvalue weighted by Gasteiger charge is 2.21. The summed E-state index contributed by atoms with van der Waals surface area (Å²) in [6.07, 6.45) is -0.714. The molecule has 3 aromatic heterocycles. The minimum Gasteiger partial charge on any atom is -0.454 e. The van der Waals surface area contributed by atoms with Gasteiger partial charge < -0.3 is 14.7 Å². The second kappa shape index (κ2) is 8.87. The Balaban J connectivity index is 1.42. The number of rotatable bonds is 6. The molecule has 0 aliphatic heterocycles. The van der Waals surface area contributed by atoms with Crippen LogP contribution in [0.4, 0.5) is 0 Å². The Labute approximate surface area is 191 Å². The number of para-hydroxylation sites is 1. The van der Waals surface area contributed by atoms with Gasteiger partial charge in [0.2, 0.25) is 0 Å². The predicted molar refractivity (Wildman–Crippen MR) is 127 cm³/mol. The Bertz CT molecular complexity index is 1440. The van der Waals surface area contributed by atoms with E-state index in [4.69, 9.17) is 4.74 Å². The molecule has 1 aromatic carbocycles. The van der Waals surface area contributed by atoms with Gasteiger partial charge in [0, 0.05) is 4.88 Å². The van der Waals surface area contributed by atoms with Crippen molar-refractivity contribution in [3.05, 3.63) is 67.1 Å². The average molecular weight is 471 g/mol. The molecule has 166 valence electrons. The van der Waals surface area contributed by atoms with Crippen LogP contribution in [-0.2, 0) is 15.3 Å². The fourth-order valence-corrected chi connectivity index (χ4v) is 5.05. The number of hydrogen-bond donors (Lipinski definition) is 2. The topological polar surface area (TPSA) is 118 Å². The SMILES string of the molecule is Cc1sc2nc(CS[C@H](C)C(=O)O[C@H](C)c3nc4ccccc4c(=O)[nH]3)[nH]c(=O)c2c1C. The van der Waals surface area contributed by atoms with Gasteiger partial charge in [-0.1, -0.05) is 12.1 Å². The van der Waals surface area contributed by atoms with Crippen LogP contribution in [-0.4, -0.2) is 31.2 Å². The Morgan fingerprint density at radius 1 is 1.12 bits per heavy atom. The van der Waals surface area contributed by atoms with Crippen LogP contribution in [0.15, 0.2) is 33.9 Å². The van der Waals surface area contributed by atoms with Crippen molar-refractivity contribution in [1.29, 1.82) is 0 Å². The van der Waals surface area contributed by atoms with Gasteiger partial charge in [0.25, 0.3) is 11.1 Å². The maximum atomic E-state index is 12.6. The summed E-state index contributed by atoms with van der Waals surface area (Å²) >= 11 is 2.80. The van der Waals surface area contributed by atoms with Gasteiger partial charge in [-0.3, -0.25) is 14.4 Å². The second-order valence-corrected chi connectivity index (χ2v) is 10.0. The van der Waals surface area contributed by atoms with E-state index >= 15 is 0 Å². The lowest BCUT2D eigenvalue weighted by Crippen LogP contribution is -2.22. The third-order valence-electron chi connectivity index (χ3n) is 5.20. The van der Waals surface area contributed by atoms with Crippen LogP contribution in [0.5, 0.6) is 0 Å². The molecule has 0 unspecified atom stereocenters. The first-order valence-corrected chi connectivity index (χ1v) is 11.9. The molecule has 0 bridgehead atoms. The van der Waals surface area contributed by atoms with E-state index < -0.39 is 17.3 Å². The monoisotopic (exact) mass is 470 g/mol. The minimum absolute atomic E-state index is 0.164. The number of fused-ring (bicyclic) bond motifs is 2. The summed E-state index contributed by atoms with van der Waals surface area (Å²) in [7, 11) is 0. The van der Waals surface area contributed by atoms with Gasteiger partial charge in [0.1, 0.15) is 15.9 Å². The number of ether oxygens (including phenoxy) is 1. The first-order chi connectivity index (χ1) is 15.2. The van der Waals surface area contributed by atoms with Crippen molar-refractivity contribution < 1.29 is 9.53 Å². The quantitative estimate of drug-likeness (QED) is 0.412. The molecule has 0 aliphatic rings. The predicted octanol–water partition coefficient (Wildman–Crippen LogP) is 3.76. The maximum absolute atomic E-state index is 12.6. The van der Waals surface area contributed by atoms with E-state index in [1.165, 1.54) is 23.1 Å². The number of thiophene rings is 1. The number of hydrogen-bond acceptors (Lipinski definition) is 8. The number of nitrogens with one attached hydrogen (secondary N) is 2. The van der Waals surface area contributed by atoms with Gasteiger partial charge in [-0.05, 0) is 45.4 Å². The van der Waals surface area contributed by atoms with Crippen molar-refractivity contribution in [2.45, 2.75) is 44.8 Å². The van der Waals surface area contributed by atoms with Crippen LogP contribution < -0.4 is 11.1 Å². The first-order valence-electron chi connectivity index (χ1n) is 10.0. The van der Waals surface area contributed by atoms with Crippen LogP contribution in [0, 0.1) is 13.8 Å². The lowest BCUT2D eigenvalue weighted by atomic mass is 10.2. The highest BCUT2D eigenvalue weighted by atomic mass is 32.2.